The molecule has 0 bridgehead atoms. The van der Waals surface area contributed by atoms with Crippen LogP contribution in [0.15, 0.2) is 0 Å². The first-order valence-electron chi connectivity index (χ1n) is 7.36. The molecule has 2 heterocycles. The Morgan fingerprint density at radius 1 is 0.941 bits per heavy atom. The molecule has 3 heteroatoms. The van der Waals surface area contributed by atoms with Crippen molar-refractivity contribution in [1.82, 2.24) is 15.1 Å². The van der Waals surface area contributed by atoms with Crippen molar-refractivity contribution < 1.29 is 0 Å². The summed E-state index contributed by atoms with van der Waals surface area (Å²) >= 11 is 0. The Morgan fingerprint density at radius 3 is 2.00 bits per heavy atom. The van der Waals surface area contributed by atoms with Crippen molar-refractivity contribution in [1.29, 1.82) is 0 Å². The maximum atomic E-state index is 3.41. The summed E-state index contributed by atoms with van der Waals surface area (Å²) in [5, 5.41) is 3.41. The minimum Gasteiger partial charge on any atom is -0.317 e. The Morgan fingerprint density at radius 2 is 1.53 bits per heavy atom. The maximum absolute atomic E-state index is 3.41. The first-order chi connectivity index (χ1) is 8.20. The molecule has 0 atom stereocenters. The van der Waals surface area contributed by atoms with Crippen LogP contribution in [-0.2, 0) is 0 Å². The van der Waals surface area contributed by atoms with Crippen molar-refractivity contribution >= 4 is 0 Å². The molecule has 0 aliphatic carbocycles. The van der Waals surface area contributed by atoms with Gasteiger partial charge in [-0.25, -0.2) is 0 Å². The van der Waals surface area contributed by atoms with Gasteiger partial charge in [-0.3, -0.25) is 0 Å². The molecule has 0 aromatic rings. The van der Waals surface area contributed by atoms with Gasteiger partial charge in [0, 0.05) is 18.1 Å². The van der Waals surface area contributed by atoms with E-state index in [1.807, 2.05) is 0 Å². The summed E-state index contributed by atoms with van der Waals surface area (Å²) in [6.07, 6.45) is 5.42. The van der Waals surface area contributed by atoms with E-state index in [4.69, 9.17) is 0 Å². The molecular formula is C14H29N3. The van der Waals surface area contributed by atoms with Crippen LogP contribution in [0.4, 0.5) is 0 Å². The quantitative estimate of drug-likeness (QED) is 0.806. The van der Waals surface area contributed by atoms with E-state index in [1.54, 1.807) is 0 Å². The number of hydrogen-bond acceptors (Lipinski definition) is 3. The number of nitrogens with zero attached hydrogens (tertiary/aromatic N) is 2. The SMILES string of the molecule is CNC1CCN(C2CCN(C(C)C)CC2)CC1. The van der Waals surface area contributed by atoms with Gasteiger partial charge in [-0.2, -0.15) is 0 Å². The molecule has 2 rings (SSSR count). The summed E-state index contributed by atoms with van der Waals surface area (Å²) in [7, 11) is 2.10. The van der Waals surface area contributed by atoms with Crippen LogP contribution in [0.5, 0.6) is 0 Å². The molecule has 0 spiro atoms. The van der Waals surface area contributed by atoms with Crippen LogP contribution in [0.1, 0.15) is 39.5 Å². The second kappa shape index (κ2) is 6.17. The summed E-state index contributed by atoms with van der Waals surface area (Å²) in [6, 6.07) is 2.36. The monoisotopic (exact) mass is 239 g/mol. The minimum absolute atomic E-state index is 0.728. The van der Waals surface area contributed by atoms with E-state index in [2.05, 4.69) is 36.0 Å². The molecule has 2 aliphatic rings. The molecule has 1 N–H and O–H groups in total. The summed E-state index contributed by atoms with van der Waals surface area (Å²) in [5.74, 6) is 0. The van der Waals surface area contributed by atoms with E-state index in [0.29, 0.717) is 0 Å². The van der Waals surface area contributed by atoms with Gasteiger partial charge in [-0.1, -0.05) is 0 Å². The van der Waals surface area contributed by atoms with Crippen LogP contribution in [0.3, 0.4) is 0 Å². The molecule has 3 nitrogen and oxygen atoms in total. The second-order valence-electron chi connectivity index (χ2n) is 5.96. The lowest BCUT2D eigenvalue weighted by molar-refractivity contribution is 0.0732. The first kappa shape index (κ1) is 13.3. The van der Waals surface area contributed by atoms with Gasteiger partial charge in [0.15, 0.2) is 0 Å². The Labute approximate surface area is 107 Å². The Bertz CT molecular complexity index is 214. The molecule has 0 aromatic carbocycles. The molecule has 0 amide bonds. The van der Waals surface area contributed by atoms with Crippen LogP contribution in [0.2, 0.25) is 0 Å². The van der Waals surface area contributed by atoms with Crippen molar-refractivity contribution in [2.24, 2.45) is 0 Å². The fraction of sp³-hybridized carbons (Fsp3) is 1.00. The van der Waals surface area contributed by atoms with E-state index in [9.17, 15) is 0 Å². The summed E-state index contributed by atoms with van der Waals surface area (Å²) in [4.78, 5) is 5.36. The number of piperidine rings is 2. The van der Waals surface area contributed by atoms with Crippen molar-refractivity contribution in [3.8, 4) is 0 Å². The lowest BCUT2D eigenvalue weighted by Gasteiger charge is -2.42. The minimum atomic E-state index is 0.728. The van der Waals surface area contributed by atoms with Crippen LogP contribution in [0, 0.1) is 0 Å². The van der Waals surface area contributed by atoms with Crippen LogP contribution < -0.4 is 5.32 Å². The Kier molecular flexibility index (Phi) is 4.83. The fourth-order valence-corrected chi connectivity index (χ4v) is 3.32. The molecule has 100 valence electrons. The van der Waals surface area contributed by atoms with E-state index in [-0.39, 0.29) is 0 Å². The lowest BCUT2D eigenvalue weighted by atomic mass is 9.97. The average Bonchev–Trinajstić information content (AvgIpc) is 2.39. The van der Waals surface area contributed by atoms with Gasteiger partial charge in [0.1, 0.15) is 0 Å². The number of nitrogens with one attached hydrogen (secondary N) is 1. The maximum Gasteiger partial charge on any atom is 0.0120 e. The molecule has 0 saturated carbocycles. The third-order valence-corrected chi connectivity index (χ3v) is 4.68. The normalized spacial score (nSPS) is 26.8. The predicted octanol–water partition coefficient (Wildman–Crippen LogP) is 1.54. The molecule has 2 aliphatic heterocycles. The van der Waals surface area contributed by atoms with E-state index < -0.39 is 0 Å². The van der Waals surface area contributed by atoms with Gasteiger partial charge in [-0.15, -0.1) is 0 Å². The standard InChI is InChI=1S/C14H29N3/c1-12(2)16-10-6-14(7-11-16)17-8-4-13(15-3)5-9-17/h12-15H,4-11H2,1-3H3. The number of likely N-dealkylation sites (tertiary alicyclic amines) is 2. The summed E-state index contributed by atoms with van der Waals surface area (Å²) in [6.45, 7) is 9.84. The van der Waals surface area contributed by atoms with Crippen LogP contribution >= 0.6 is 0 Å². The van der Waals surface area contributed by atoms with E-state index in [0.717, 1.165) is 18.1 Å². The highest BCUT2D eigenvalue weighted by Crippen LogP contribution is 2.21. The van der Waals surface area contributed by atoms with E-state index >= 15 is 0 Å². The zero-order valence-electron chi connectivity index (χ0n) is 11.8. The summed E-state index contributed by atoms with van der Waals surface area (Å²) < 4.78 is 0. The van der Waals surface area contributed by atoms with Gasteiger partial charge in [0.2, 0.25) is 0 Å². The zero-order chi connectivity index (χ0) is 12.3. The fourth-order valence-electron chi connectivity index (χ4n) is 3.32. The topological polar surface area (TPSA) is 18.5 Å². The first-order valence-corrected chi connectivity index (χ1v) is 7.36. The largest absolute Gasteiger partial charge is 0.317 e. The summed E-state index contributed by atoms with van der Waals surface area (Å²) in [5.41, 5.74) is 0. The lowest BCUT2D eigenvalue weighted by Crippen LogP contribution is -2.50. The third-order valence-electron chi connectivity index (χ3n) is 4.68. The molecule has 0 unspecified atom stereocenters. The van der Waals surface area contributed by atoms with Gasteiger partial charge in [0.05, 0.1) is 0 Å². The molecule has 0 aromatic heterocycles. The number of rotatable bonds is 3. The van der Waals surface area contributed by atoms with Crippen molar-refractivity contribution in [2.45, 2.75) is 57.7 Å². The van der Waals surface area contributed by atoms with E-state index in [1.165, 1.54) is 51.9 Å². The van der Waals surface area contributed by atoms with Crippen LogP contribution in [-0.4, -0.2) is 61.2 Å². The van der Waals surface area contributed by atoms with Crippen molar-refractivity contribution in [2.75, 3.05) is 33.2 Å². The number of hydrogen-bond donors (Lipinski definition) is 1. The Hall–Kier alpha value is -0.120. The molecule has 17 heavy (non-hydrogen) atoms. The zero-order valence-corrected chi connectivity index (χ0v) is 11.8. The van der Waals surface area contributed by atoms with Gasteiger partial charge >= 0.3 is 0 Å². The molecular weight excluding hydrogens is 210 g/mol. The van der Waals surface area contributed by atoms with Crippen LogP contribution in [0.25, 0.3) is 0 Å². The highest BCUT2D eigenvalue weighted by atomic mass is 15.2. The molecule has 2 fully saturated rings. The highest BCUT2D eigenvalue weighted by Gasteiger charge is 2.28. The Balaban J connectivity index is 1.74. The van der Waals surface area contributed by atoms with Crippen molar-refractivity contribution in [3.05, 3.63) is 0 Å². The van der Waals surface area contributed by atoms with Crippen molar-refractivity contribution in [3.63, 3.8) is 0 Å². The van der Waals surface area contributed by atoms with Gasteiger partial charge in [-0.05, 0) is 72.8 Å². The average molecular weight is 239 g/mol. The third kappa shape index (κ3) is 3.43. The van der Waals surface area contributed by atoms with Gasteiger partial charge in [0.25, 0.3) is 0 Å². The smallest absolute Gasteiger partial charge is 0.0120 e. The molecule has 0 radical (unpaired) electrons. The second-order valence-corrected chi connectivity index (χ2v) is 5.96. The van der Waals surface area contributed by atoms with Gasteiger partial charge < -0.3 is 15.1 Å². The highest BCUT2D eigenvalue weighted by molar-refractivity contribution is 4.85. The predicted molar refractivity (Wildman–Crippen MR) is 73.4 cm³/mol. The molecule has 2 saturated heterocycles.